The molecule has 5 aliphatic heterocycles. The molecule has 3 fully saturated rings. The zero-order valence-corrected chi connectivity index (χ0v) is 29.8. The Morgan fingerprint density at radius 2 is 1.94 bits per heavy atom. The molecule has 1 aromatic carbocycles. The zero-order valence-electron chi connectivity index (χ0n) is 26.8. The van der Waals surface area contributed by atoms with Crippen LogP contribution in [0, 0.1) is 0 Å². The van der Waals surface area contributed by atoms with Gasteiger partial charge in [0.15, 0.2) is 5.66 Å². The number of carbonyl (C=O) groups excluding carboxylic acids is 2. The standard InChI is InChI=1S/C29H39Cl3N8O8S/c1-16-34-22-19(13-33-49(45,46)39-10-4-5-11-39)35-24(37-25(42)48-15-27(30,31)32)40-14-20(29(43,44)28(22,40)38-16)36-23(41)17-7-6-8-18-21(17)47-12-9-26(18,2)3/h6-8,19-20,22,33-34,38,43-44H,1,4-5,9-15H2,2-3H3,(H,36,41)(H,35,37,42)/t19-,20-,22-,28-/m0/s1. The molecule has 7 N–H and O–H groups in total. The number of fused-ring (bicyclic) bond motifs is 1. The summed E-state index contributed by atoms with van der Waals surface area (Å²) >= 11 is 17.2. The summed E-state index contributed by atoms with van der Waals surface area (Å²) in [5.74, 6) is -3.08. The molecule has 4 atom stereocenters. The lowest BCUT2D eigenvalue weighted by Crippen LogP contribution is -2.78. The van der Waals surface area contributed by atoms with E-state index in [1.54, 1.807) is 12.1 Å². The summed E-state index contributed by atoms with van der Waals surface area (Å²) in [6.45, 7) is 7.89. The van der Waals surface area contributed by atoms with Crippen LogP contribution in [0.1, 0.15) is 49.0 Å². The van der Waals surface area contributed by atoms with Crippen LogP contribution in [-0.4, -0.2) is 119 Å². The number of para-hydroxylation sites is 1. The van der Waals surface area contributed by atoms with E-state index in [1.807, 2.05) is 6.07 Å². The Hall–Kier alpha value is -2.77. The minimum absolute atomic E-state index is 0.157. The van der Waals surface area contributed by atoms with Gasteiger partial charge in [-0.1, -0.05) is 67.4 Å². The quantitative estimate of drug-likeness (QED) is 0.149. The third-order valence-corrected chi connectivity index (χ3v) is 11.5. The van der Waals surface area contributed by atoms with E-state index >= 15 is 0 Å². The number of alkyl carbamates (subject to hydrolysis) is 1. The van der Waals surface area contributed by atoms with Crippen LogP contribution in [0.5, 0.6) is 5.75 Å². The number of aliphatic imine (C=N–C) groups is 1. The van der Waals surface area contributed by atoms with Crippen LogP contribution in [0.15, 0.2) is 35.6 Å². The maximum Gasteiger partial charge on any atom is 0.414 e. The van der Waals surface area contributed by atoms with Gasteiger partial charge in [0.25, 0.3) is 16.1 Å². The molecule has 1 spiro atoms. The van der Waals surface area contributed by atoms with Crippen LogP contribution < -0.4 is 30.7 Å². The van der Waals surface area contributed by atoms with Gasteiger partial charge in [-0.15, -0.1) is 0 Å². The van der Waals surface area contributed by atoms with Gasteiger partial charge in [-0.05, 0) is 30.7 Å². The zero-order chi connectivity index (χ0) is 35.6. The molecule has 0 aliphatic carbocycles. The Balaban J connectivity index is 1.33. The number of carbonyl (C=O) groups is 2. The Morgan fingerprint density at radius 1 is 1.22 bits per heavy atom. The first-order valence-electron chi connectivity index (χ1n) is 15.7. The molecule has 5 heterocycles. The number of nitrogens with zero attached hydrogens (tertiary/aromatic N) is 3. The van der Waals surface area contributed by atoms with Gasteiger partial charge in [0.1, 0.15) is 18.4 Å². The van der Waals surface area contributed by atoms with Crippen molar-refractivity contribution >= 4 is 63.0 Å². The molecule has 1 aromatic rings. The lowest BCUT2D eigenvalue weighted by molar-refractivity contribution is -0.231. The molecular weight excluding hydrogens is 727 g/mol. The van der Waals surface area contributed by atoms with Crippen LogP contribution in [0.4, 0.5) is 4.79 Å². The van der Waals surface area contributed by atoms with Crippen LogP contribution in [0.3, 0.4) is 0 Å². The fraction of sp³-hybridized carbons (Fsp3) is 0.621. The molecular formula is C29H39Cl3N8O8S. The molecule has 16 nitrogen and oxygen atoms in total. The molecule has 3 saturated heterocycles. The number of ether oxygens (including phenoxy) is 2. The predicted molar refractivity (Wildman–Crippen MR) is 180 cm³/mol. The van der Waals surface area contributed by atoms with Gasteiger partial charge in [0.2, 0.25) is 15.5 Å². The molecule has 270 valence electrons. The summed E-state index contributed by atoms with van der Waals surface area (Å²) in [4.78, 5) is 32.7. The molecule has 0 aromatic heterocycles. The number of nitrogens with one attached hydrogen (secondary N) is 5. The third-order valence-electron chi connectivity index (χ3n) is 9.62. The molecule has 5 aliphatic rings. The molecule has 0 bridgehead atoms. The lowest BCUT2D eigenvalue weighted by Gasteiger charge is -2.49. The highest BCUT2D eigenvalue weighted by Gasteiger charge is 2.74. The molecule has 49 heavy (non-hydrogen) atoms. The minimum atomic E-state index is -3.91. The van der Waals surface area contributed by atoms with Crippen molar-refractivity contribution in [3.8, 4) is 5.75 Å². The number of hydrogen-bond acceptors (Lipinski definition) is 12. The number of halogens is 3. The van der Waals surface area contributed by atoms with Crippen LogP contribution in [0.25, 0.3) is 0 Å². The summed E-state index contributed by atoms with van der Waals surface area (Å²) in [6.07, 6.45) is 1.10. The fourth-order valence-corrected chi connectivity index (χ4v) is 8.58. The maximum atomic E-state index is 13.8. The van der Waals surface area contributed by atoms with Crippen molar-refractivity contribution in [2.45, 2.75) is 71.9 Å². The lowest BCUT2D eigenvalue weighted by atomic mass is 9.79. The topological polar surface area (TPSA) is 206 Å². The minimum Gasteiger partial charge on any atom is -0.492 e. The largest absolute Gasteiger partial charge is 0.492 e. The second-order valence-electron chi connectivity index (χ2n) is 13.3. The van der Waals surface area contributed by atoms with Crippen molar-refractivity contribution in [1.29, 1.82) is 0 Å². The van der Waals surface area contributed by atoms with E-state index in [2.05, 4.69) is 51.4 Å². The normalized spacial score (nSPS) is 28.6. The van der Waals surface area contributed by atoms with Gasteiger partial charge in [-0.25, -0.2) is 9.79 Å². The predicted octanol–water partition coefficient (Wildman–Crippen LogP) is 0.335. The van der Waals surface area contributed by atoms with Crippen molar-refractivity contribution < 1.29 is 37.7 Å². The SMILES string of the molecule is C=C1N[C@H]2[C@H](CNS(=O)(=O)N3CCCC3)N=C(NC(=O)OCC(Cl)(Cl)Cl)N3C[C@H](NC(=O)c4cccc5c4OCCC5(C)C)C(O)(O)[C@]23N1. The summed E-state index contributed by atoms with van der Waals surface area (Å²) in [6, 6.07) is 1.70. The van der Waals surface area contributed by atoms with Crippen LogP contribution in [0.2, 0.25) is 0 Å². The number of amides is 2. The van der Waals surface area contributed by atoms with Crippen molar-refractivity contribution in [2.24, 2.45) is 4.99 Å². The average Bonchev–Trinajstić information content (AvgIpc) is 3.73. The van der Waals surface area contributed by atoms with Crippen molar-refractivity contribution in [2.75, 3.05) is 39.4 Å². The smallest absolute Gasteiger partial charge is 0.414 e. The van der Waals surface area contributed by atoms with E-state index in [-0.39, 0.29) is 35.8 Å². The molecule has 6 rings (SSSR count). The average molecular weight is 766 g/mol. The van der Waals surface area contributed by atoms with E-state index in [9.17, 15) is 28.2 Å². The number of rotatable bonds is 7. The van der Waals surface area contributed by atoms with Gasteiger partial charge in [-0.2, -0.15) is 17.4 Å². The first kappa shape index (κ1) is 36.0. The van der Waals surface area contributed by atoms with Gasteiger partial charge in [0.05, 0.1) is 30.1 Å². The number of aliphatic hydroxyl groups is 2. The van der Waals surface area contributed by atoms with E-state index in [1.165, 1.54) is 9.21 Å². The summed E-state index contributed by atoms with van der Waals surface area (Å²) < 4.78 is 39.1. The second kappa shape index (κ2) is 12.8. The van der Waals surface area contributed by atoms with Crippen molar-refractivity contribution in [3.05, 3.63) is 41.7 Å². The number of guanidine groups is 1. The maximum absolute atomic E-state index is 13.8. The summed E-state index contributed by atoms with van der Waals surface area (Å²) in [5.41, 5.74) is -1.15. The van der Waals surface area contributed by atoms with E-state index in [0.717, 1.165) is 24.8 Å². The van der Waals surface area contributed by atoms with Gasteiger partial charge in [0, 0.05) is 31.7 Å². The number of alkyl halides is 3. The summed E-state index contributed by atoms with van der Waals surface area (Å²) in [5, 5.41) is 35.3. The highest BCUT2D eigenvalue weighted by Crippen LogP contribution is 2.45. The van der Waals surface area contributed by atoms with Crippen molar-refractivity contribution in [1.82, 2.24) is 35.2 Å². The van der Waals surface area contributed by atoms with E-state index in [0.29, 0.717) is 25.4 Å². The Morgan fingerprint density at radius 3 is 2.63 bits per heavy atom. The first-order chi connectivity index (χ1) is 22.9. The number of benzene rings is 1. The van der Waals surface area contributed by atoms with E-state index in [4.69, 9.17) is 44.3 Å². The van der Waals surface area contributed by atoms with Crippen molar-refractivity contribution in [3.63, 3.8) is 0 Å². The number of hydrogen-bond donors (Lipinski definition) is 7. The Bertz CT molecular complexity index is 1670. The highest BCUT2D eigenvalue weighted by molar-refractivity contribution is 7.87. The first-order valence-corrected chi connectivity index (χ1v) is 18.3. The summed E-state index contributed by atoms with van der Waals surface area (Å²) in [7, 11) is -3.91. The molecule has 0 radical (unpaired) electrons. The second-order valence-corrected chi connectivity index (χ2v) is 17.6. The van der Waals surface area contributed by atoms with Crippen LogP contribution >= 0.6 is 34.8 Å². The molecule has 2 amide bonds. The fourth-order valence-electron chi connectivity index (χ4n) is 7.12. The van der Waals surface area contributed by atoms with Gasteiger partial charge in [-0.3, -0.25) is 10.1 Å². The Kier molecular flexibility index (Phi) is 9.39. The van der Waals surface area contributed by atoms with E-state index < -0.39 is 62.2 Å². The van der Waals surface area contributed by atoms with Gasteiger partial charge >= 0.3 is 6.09 Å². The monoisotopic (exact) mass is 764 g/mol. The van der Waals surface area contributed by atoms with Crippen LogP contribution in [-0.2, 0) is 20.4 Å². The van der Waals surface area contributed by atoms with Gasteiger partial charge < -0.3 is 40.5 Å². The molecule has 20 heteroatoms. The third kappa shape index (κ3) is 6.59. The molecule has 0 saturated carbocycles. The molecule has 0 unspecified atom stereocenters. The Labute approximate surface area is 298 Å². The highest BCUT2D eigenvalue weighted by atomic mass is 35.6.